The first kappa shape index (κ1) is 23.1. The molecule has 30 heavy (non-hydrogen) atoms. The molecule has 0 saturated carbocycles. The van der Waals surface area contributed by atoms with E-state index in [1.165, 1.54) is 26.4 Å². The van der Waals surface area contributed by atoms with E-state index in [1.807, 2.05) is 0 Å². The Morgan fingerprint density at radius 3 is 2.47 bits per heavy atom. The summed E-state index contributed by atoms with van der Waals surface area (Å²) in [4.78, 5) is 21.5. The fraction of sp³-hybridized carbons (Fsp3) is 0.286. The van der Waals surface area contributed by atoms with Crippen LogP contribution in [0.2, 0.25) is 0 Å². The summed E-state index contributed by atoms with van der Waals surface area (Å²) in [5.74, 6) is -0.636. The van der Waals surface area contributed by atoms with E-state index in [0.29, 0.717) is 11.1 Å². The highest BCUT2D eigenvalue weighted by Gasteiger charge is 2.30. The zero-order valence-electron chi connectivity index (χ0n) is 16.7. The molecule has 0 saturated heterocycles. The minimum atomic E-state index is -4.44. The van der Waals surface area contributed by atoms with E-state index in [0.717, 1.165) is 12.1 Å². The first-order valence-corrected chi connectivity index (χ1v) is 8.82. The van der Waals surface area contributed by atoms with Gasteiger partial charge in [0.15, 0.2) is 5.71 Å². The number of oxime groups is 1. The van der Waals surface area contributed by atoms with Crippen LogP contribution in [0.4, 0.5) is 13.2 Å². The highest BCUT2D eigenvalue weighted by atomic mass is 19.4. The van der Waals surface area contributed by atoms with Crippen LogP contribution in [0.3, 0.4) is 0 Å². The molecule has 0 aliphatic carbocycles. The zero-order valence-corrected chi connectivity index (χ0v) is 16.7. The number of alkyl halides is 3. The van der Waals surface area contributed by atoms with E-state index < -0.39 is 17.7 Å². The SMILES string of the molecule is COCN=C(C(=O)OC)c1ccccc1CO/N=C(\C)c1cccc(C(F)(F)F)c1. The molecule has 0 unspecified atom stereocenters. The van der Waals surface area contributed by atoms with Gasteiger partial charge in [-0.05, 0) is 24.6 Å². The topological polar surface area (TPSA) is 69.5 Å². The number of nitrogens with zero attached hydrogens (tertiary/aromatic N) is 2. The number of methoxy groups -OCH3 is 2. The molecule has 2 aromatic carbocycles. The lowest BCUT2D eigenvalue weighted by Crippen LogP contribution is -2.20. The molecule has 0 radical (unpaired) electrons. The molecular formula is C21H21F3N2O4. The first-order valence-electron chi connectivity index (χ1n) is 8.82. The van der Waals surface area contributed by atoms with Crippen molar-refractivity contribution < 1.29 is 32.3 Å². The fourth-order valence-corrected chi connectivity index (χ4v) is 2.53. The lowest BCUT2D eigenvalue weighted by molar-refractivity contribution is -0.137. The molecule has 0 aromatic heterocycles. The molecule has 2 aromatic rings. The molecular weight excluding hydrogens is 401 g/mol. The van der Waals surface area contributed by atoms with Gasteiger partial charge in [0.1, 0.15) is 13.3 Å². The highest BCUT2D eigenvalue weighted by molar-refractivity contribution is 6.43. The third-order valence-corrected chi connectivity index (χ3v) is 4.03. The summed E-state index contributed by atoms with van der Waals surface area (Å²) in [7, 11) is 2.69. The third kappa shape index (κ3) is 6.15. The van der Waals surface area contributed by atoms with Crippen LogP contribution in [0.15, 0.2) is 58.7 Å². The number of rotatable bonds is 8. The van der Waals surface area contributed by atoms with Crippen molar-refractivity contribution in [3.63, 3.8) is 0 Å². The van der Waals surface area contributed by atoms with Gasteiger partial charge in [0.2, 0.25) is 0 Å². The minimum Gasteiger partial charge on any atom is -0.464 e. The Kier molecular flexibility index (Phi) is 8.11. The number of benzene rings is 2. The summed E-state index contributed by atoms with van der Waals surface area (Å²) in [5, 5.41) is 3.91. The van der Waals surface area contributed by atoms with Gasteiger partial charge in [0.25, 0.3) is 0 Å². The van der Waals surface area contributed by atoms with E-state index in [1.54, 1.807) is 31.2 Å². The lowest BCUT2D eigenvalue weighted by atomic mass is 10.0. The van der Waals surface area contributed by atoms with Gasteiger partial charge in [-0.3, -0.25) is 0 Å². The van der Waals surface area contributed by atoms with Gasteiger partial charge in [0, 0.05) is 18.2 Å². The number of carbonyl (C=O) groups excluding carboxylic acids is 1. The zero-order chi connectivity index (χ0) is 22.1. The van der Waals surface area contributed by atoms with Gasteiger partial charge in [-0.15, -0.1) is 0 Å². The molecule has 0 heterocycles. The monoisotopic (exact) mass is 422 g/mol. The second-order valence-corrected chi connectivity index (χ2v) is 6.10. The van der Waals surface area contributed by atoms with Crippen LogP contribution >= 0.6 is 0 Å². The van der Waals surface area contributed by atoms with Gasteiger partial charge >= 0.3 is 12.1 Å². The molecule has 0 atom stereocenters. The first-order chi connectivity index (χ1) is 14.3. The number of ether oxygens (including phenoxy) is 2. The number of hydrogen-bond acceptors (Lipinski definition) is 6. The molecule has 2 rings (SSSR count). The molecule has 0 aliphatic rings. The van der Waals surface area contributed by atoms with Crippen LogP contribution in [0.5, 0.6) is 0 Å². The molecule has 0 aliphatic heterocycles. The Labute approximate surface area is 172 Å². The maximum Gasteiger partial charge on any atom is 0.416 e. The van der Waals surface area contributed by atoms with E-state index in [2.05, 4.69) is 10.1 Å². The largest absolute Gasteiger partial charge is 0.464 e. The summed E-state index contributed by atoms with van der Waals surface area (Å²) in [6, 6.07) is 11.7. The highest BCUT2D eigenvalue weighted by Crippen LogP contribution is 2.29. The third-order valence-electron chi connectivity index (χ3n) is 4.03. The smallest absolute Gasteiger partial charge is 0.416 e. The standard InChI is InChI=1S/C21H21F3N2O4/c1-14(15-8-6-9-17(11-15)21(22,23)24)26-30-12-16-7-4-5-10-18(16)19(20(27)29-3)25-13-28-2/h4-11H,12-13H2,1-3H3/b25-19?,26-14+. The van der Waals surface area contributed by atoms with Crippen molar-refractivity contribution in [2.45, 2.75) is 19.7 Å². The van der Waals surface area contributed by atoms with Crippen LogP contribution in [0.25, 0.3) is 0 Å². The van der Waals surface area contributed by atoms with Crippen LogP contribution in [0, 0.1) is 0 Å². The Hall–Kier alpha value is -3.20. The summed E-state index contributed by atoms with van der Waals surface area (Å²) in [6.45, 7) is 1.48. The van der Waals surface area contributed by atoms with Crippen molar-refractivity contribution in [2.24, 2.45) is 10.1 Å². The average molecular weight is 422 g/mol. The van der Waals surface area contributed by atoms with Crippen molar-refractivity contribution >= 4 is 17.4 Å². The predicted molar refractivity (Wildman–Crippen MR) is 105 cm³/mol. The lowest BCUT2D eigenvalue weighted by Gasteiger charge is -2.11. The maximum atomic E-state index is 12.9. The number of carbonyl (C=O) groups is 1. The Morgan fingerprint density at radius 1 is 1.07 bits per heavy atom. The molecule has 0 amide bonds. The molecule has 6 nitrogen and oxygen atoms in total. The van der Waals surface area contributed by atoms with Gasteiger partial charge in [0.05, 0.1) is 18.4 Å². The van der Waals surface area contributed by atoms with Gasteiger partial charge < -0.3 is 14.3 Å². The molecule has 160 valence electrons. The van der Waals surface area contributed by atoms with E-state index >= 15 is 0 Å². The molecule has 0 fully saturated rings. The van der Waals surface area contributed by atoms with Crippen LogP contribution < -0.4 is 0 Å². The predicted octanol–water partition coefficient (Wildman–Crippen LogP) is 4.21. The fourth-order valence-electron chi connectivity index (χ4n) is 2.53. The van der Waals surface area contributed by atoms with E-state index in [4.69, 9.17) is 14.3 Å². The second-order valence-electron chi connectivity index (χ2n) is 6.10. The normalized spacial score (nSPS) is 12.6. The quantitative estimate of drug-likeness (QED) is 0.363. The summed E-state index contributed by atoms with van der Waals surface area (Å²) >= 11 is 0. The Bertz CT molecular complexity index is 940. The van der Waals surface area contributed by atoms with E-state index in [-0.39, 0.29) is 30.3 Å². The van der Waals surface area contributed by atoms with Crippen molar-refractivity contribution in [3.05, 3.63) is 70.8 Å². The van der Waals surface area contributed by atoms with Gasteiger partial charge in [-0.2, -0.15) is 13.2 Å². The van der Waals surface area contributed by atoms with Crippen molar-refractivity contribution in [2.75, 3.05) is 21.0 Å². The summed E-state index contributed by atoms with van der Waals surface area (Å²) in [5.41, 5.74) is 0.940. The van der Waals surface area contributed by atoms with Crippen LogP contribution in [-0.4, -0.2) is 38.3 Å². The number of hydrogen-bond donors (Lipinski definition) is 0. The van der Waals surface area contributed by atoms with Crippen LogP contribution in [-0.2, 0) is 31.9 Å². The number of halogens is 3. The van der Waals surface area contributed by atoms with Crippen LogP contribution in [0.1, 0.15) is 29.2 Å². The van der Waals surface area contributed by atoms with Gasteiger partial charge in [-0.1, -0.05) is 41.6 Å². The molecule has 0 bridgehead atoms. The average Bonchev–Trinajstić information content (AvgIpc) is 2.74. The van der Waals surface area contributed by atoms with Crippen molar-refractivity contribution in [1.29, 1.82) is 0 Å². The Morgan fingerprint density at radius 2 is 1.80 bits per heavy atom. The van der Waals surface area contributed by atoms with E-state index in [9.17, 15) is 18.0 Å². The van der Waals surface area contributed by atoms with Crippen molar-refractivity contribution in [1.82, 2.24) is 0 Å². The molecule has 0 N–H and O–H groups in total. The molecule has 9 heteroatoms. The second kappa shape index (κ2) is 10.5. The van der Waals surface area contributed by atoms with Crippen molar-refractivity contribution in [3.8, 4) is 0 Å². The summed E-state index contributed by atoms with van der Waals surface area (Å²) in [6.07, 6.45) is -4.44. The minimum absolute atomic E-state index is 0.0323. The Balaban J connectivity index is 2.21. The summed E-state index contributed by atoms with van der Waals surface area (Å²) < 4.78 is 48.3. The number of esters is 1. The number of aliphatic imine (C=N–C) groups is 1. The maximum absolute atomic E-state index is 12.9. The van der Waals surface area contributed by atoms with Gasteiger partial charge in [-0.25, -0.2) is 9.79 Å². The molecule has 0 spiro atoms.